The van der Waals surface area contributed by atoms with Crippen molar-refractivity contribution in [2.75, 3.05) is 19.8 Å². The van der Waals surface area contributed by atoms with E-state index in [0.29, 0.717) is 18.0 Å². The predicted octanol–water partition coefficient (Wildman–Crippen LogP) is 2.97. The van der Waals surface area contributed by atoms with Crippen LogP contribution in [-0.4, -0.2) is 25.7 Å². The average Bonchev–Trinajstić information content (AvgIpc) is 2.46. The molecule has 1 N–H and O–H groups in total. The molecule has 1 aliphatic heterocycles. The molecule has 0 saturated carbocycles. The fourth-order valence-electron chi connectivity index (χ4n) is 2.18. The Kier molecular flexibility index (Phi) is 4.83. The number of hydrogen-bond donors (Lipinski definition) is 1. The lowest BCUT2D eigenvalue weighted by Gasteiger charge is -2.33. The van der Waals surface area contributed by atoms with Crippen LogP contribution < -0.4 is 5.32 Å². The van der Waals surface area contributed by atoms with E-state index in [1.165, 1.54) is 0 Å². The van der Waals surface area contributed by atoms with Crippen LogP contribution in [0.25, 0.3) is 0 Å². The molecule has 3 nitrogen and oxygen atoms in total. The minimum absolute atomic E-state index is 0.0196. The molecule has 1 aliphatic rings. The summed E-state index contributed by atoms with van der Waals surface area (Å²) in [4.78, 5) is 12.1. The number of rotatable bonds is 4. The number of halogens is 1. The van der Waals surface area contributed by atoms with E-state index >= 15 is 0 Å². The van der Waals surface area contributed by atoms with Crippen LogP contribution in [-0.2, 0) is 10.6 Å². The van der Waals surface area contributed by atoms with Gasteiger partial charge >= 0.3 is 0 Å². The molecular weight excluding hydrogens is 262 g/mol. The minimum Gasteiger partial charge on any atom is -0.381 e. The zero-order chi connectivity index (χ0) is 13.7. The summed E-state index contributed by atoms with van der Waals surface area (Å²) in [7, 11) is 0. The molecule has 2 rings (SSSR count). The van der Waals surface area contributed by atoms with E-state index in [-0.39, 0.29) is 11.3 Å². The van der Waals surface area contributed by atoms with Gasteiger partial charge in [0.1, 0.15) is 0 Å². The zero-order valence-electron chi connectivity index (χ0n) is 11.2. The maximum absolute atomic E-state index is 12.1. The number of nitrogens with one attached hydrogen (secondary N) is 1. The van der Waals surface area contributed by atoms with Crippen LogP contribution in [0.4, 0.5) is 0 Å². The zero-order valence-corrected chi connectivity index (χ0v) is 12.0. The first-order valence-electron chi connectivity index (χ1n) is 6.64. The molecule has 1 heterocycles. The smallest absolute Gasteiger partial charge is 0.251 e. The van der Waals surface area contributed by atoms with Crippen molar-refractivity contribution in [1.82, 2.24) is 5.32 Å². The molecule has 0 aliphatic carbocycles. The maximum atomic E-state index is 12.1. The fourth-order valence-corrected chi connectivity index (χ4v) is 2.36. The highest BCUT2D eigenvalue weighted by Gasteiger charge is 2.27. The first kappa shape index (κ1) is 14.4. The molecule has 0 atom stereocenters. The predicted molar refractivity (Wildman–Crippen MR) is 76.5 cm³/mol. The number of ether oxygens (including phenoxy) is 1. The summed E-state index contributed by atoms with van der Waals surface area (Å²) in [6.45, 7) is 4.48. The second-order valence-electron chi connectivity index (χ2n) is 5.44. The van der Waals surface area contributed by atoms with E-state index in [1.807, 2.05) is 24.3 Å². The first-order valence-corrected chi connectivity index (χ1v) is 7.17. The quantitative estimate of drug-likeness (QED) is 0.862. The highest BCUT2D eigenvalue weighted by molar-refractivity contribution is 6.17. The number of carbonyl (C=O) groups excluding carboxylic acids is 1. The Balaban J connectivity index is 1.89. The van der Waals surface area contributed by atoms with Gasteiger partial charge in [0.25, 0.3) is 5.91 Å². The van der Waals surface area contributed by atoms with Crippen molar-refractivity contribution >= 4 is 17.5 Å². The molecule has 0 unspecified atom stereocenters. The Morgan fingerprint density at radius 3 is 2.53 bits per heavy atom. The summed E-state index contributed by atoms with van der Waals surface area (Å²) >= 11 is 5.73. The van der Waals surface area contributed by atoms with Crippen molar-refractivity contribution in [3.8, 4) is 0 Å². The second kappa shape index (κ2) is 6.40. The van der Waals surface area contributed by atoms with E-state index in [2.05, 4.69) is 12.2 Å². The van der Waals surface area contributed by atoms with Crippen LogP contribution in [0.1, 0.15) is 35.7 Å². The number of alkyl halides is 1. The van der Waals surface area contributed by atoms with Crippen LogP contribution in [0.2, 0.25) is 0 Å². The van der Waals surface area contributed by atoms with E-state index in [9.17, 15) is 4.79 Å². The Morgan fingerprint density at radius 2 is 1.95 bits per heavy atom. The molecule has 1 aromatic carbocycles. The summed E-state index contributed by atoms with van der Waals surface area (Å²) in [5.74, 6) is 0.453. The summed E-state index contributed by atoms with van der Waals surface area (Å²) in [6.07, 6.45) is 2.00. The molecule has 4 heteroatoms. The molecule has 0 aromatic heterocycles. The number of benzene rings is 1. The minimum atomic E-state index is -0.0196. The molecular formula is C15H20ClNO2. The molecule has 1 saturated heterocycles. The van der Waals surface area contributed by atoms with Crippen molar-refractivity contribution in [3.05, 3.63) is 35.4 Å². The monoisotopic (exact) mass is 281 g/mol. The maximum Gasteiger partial charge on any atom is 0.251 e. The molecule has 0 spiro atoms. The summed E-state index contributed by atoms with van der Waals surface area (Å²) in [5, 5.41) is 3.02. The average molecular weight is 282 g/mol. The van der Waals surface area contributed by atoms with Gasteiger partial charge in [0, 0.05) is 31.2 Å². The lowest BCUT2D eigenvalue weighted by Crippen LogP contribution is -2.39. The van der Waals surface area contributed by atoms with Crippen LogP contribution in [0.3, 0.4) is 0 Å². The van der Waals surface area contributed by atoms with Crippen molar-refractivity contribution in [3.63, 3.8) is 0 Å². The molecule has 1 fully saturated rings. The second-order valence-corrected chi connectivity index (χ2v) is 5.70. The van der Waals surface area contributed by atoms with Gasteiger partial charge in [-0.15, -0.1) is 11.6 Å². The van der Waals surface area contributed by atoms with Gasteiger partial charge in [-0.05, 0) is 36.0 Å². The van der Waals surface area contributed by atoms with Crippen LogP contribution >= 0.6 is 11.6 Å². The van der Waals surface area contributed by atoms with Crippen molar-refractivity contribution < 1.29 is 9.53 Å². The Morgan fingerprint density at radius 1 is 1.32 bits per heavy atom. The Hall–Kier alpha value is -1.06. The highest BCUT2D eigenvalue weighted by Crippen LogP contribution is 2.28. The van der Waals surface area contributed by atoms with Gasteiger partial charge in [-0.1, -0.05) is 19.1 Å². The summed E-state index contributed by atoms with van der Waals surface area (Å²) < 4.78 is 5.36. The number of hydrogen-bond acceptors (Lipinski definition) is 2. The molecule has 1 aromatic rings. The number of amides is 1. The normalized spacial score (nSPS) is 18.0. The van der Waals surface area contributed by atoms with Gasteiger partial charge in [-0.3, -0.25) is 4.79 Å². The van der Waals surface area contributed by atoms with E-state index in [0.717, 1.165) is 31.6 Å². The van der Waals surface area contributed by atoms with Crippen molar-refractivity contribution in [2.45, 2.75) is 25.6 Å². The van der Waals surface area contributed by atoms with E-state index < -0.39 is 0 Å². The van der Waals surface area contributed by atoms with Gasteiger partial charge in [-0.25, -0.2) is 0 Å². The fraction of sp³-hybridized carbons (Fsp3) is 0.533. The Bertz CT molecular complexity index is 424. The van der Waals surface area contributed by atoms with Gasteiger partial charge in [0.05, 0.1) is 0 Å². The van der Waals surface area contributed by atoms with Gasteiger partial charge < -0.3 is 10.1 Å². The van der Waals surface area contributed by atoms with Crippen molar-refractivity contribution in [2.24, 2.45) is 5.41 Å². The lowest BCUT2D eigenvalue weighted by molar-refractivity contribution is 0.0238. The Labute approximate surface area is 119 Å². The van der Waals surface area contributed by atoms with Crippen LogP contribution in [0.5, 0.6) is 0 Å². The summed E-state index contributed by atoms with van der Waals surface area (Å²) in [6, 6.07) is 7.41. The van der Waals surface area contributed by atoms with Gasteiger partial charge in [-0.2, -0.15) is 0 Å². The standard InChI is InChI=1S/C15H20ClNO2/c1-15(6-8-19-9-7-15)11-17-14(18)13-4-2-12(10-16)3-5-13/h2-5H,6-11H2,1H3,(H,17,18). The van der Waals surface area contributed by atoms with E-state index in [1.54, 1.807) is 0 Å². The largest absolute Gasteiger partial charge is 0.381 e. The summed E-state index contributed by atoms with van der Waals surface area (Å²) in [5.41, 5.74) is 1.86. The molecule has 1 amide bonds. The topological polar surface area (TPSA) is 38.3 Å². The first-order chi connectivity index (χ1) is 9.13. The molecule has 19 heavy (non-hydrogen) atoms. The molecule has 0 radical (unpaired) electrons. The van der Waals surface area contributed by atoms with Crippen LogP contribution in [0, 0.1) is 5.41 Å². The highest BCUT2D eigenvalue weighted by atomic mass is 35.5. The SMILES string of the molecule is CC1(CNC(=O)c2ccc(CCl)cc2)CCOCC1. The van der Waals surface area contributed by atoms with Crippen molar-refractivity contribution in [1.29, 1.82) is 0 Å². The lowest BCUT2D eigenvalue weighted by atomic mass is 9.82. The van der Waals surface area contributed by atoms with Gasteiger partial charge in [0.15, 0.2) is 0 Å². The van der Waals surface area contributed by atoms with Gasteiger partial charge in [0.2, 0.25) is 0 Å². The third kappa shape index (κ3) is 3.95. The molecule has 104 valence electrons. The van der Waals surface area contributed by atoms with Crippen LogP contribution in [0.15, 0.2) is 24.3 Å². The number of carbonyl (C=O) groups is 1. The third-order valence-electron chi connectivity index (χ3n) is 3.75. The molecule has 0 bridgehead atoms. The third-order valence-corrected chi connectivity index (χ3v) is 4.05. The van der Waals surface area contributed by atoms with E-state index in [4.69, 9.17) is 16.3 Å².